The Balaban J connectivity index is 1.15. The summed E-state index contributed by atoms with van der Waals surface area (Å²) in [6.07, 6.45) is 1.86. The van der Waals surface area contributed by atoms with Crippen LogP contribution in [0.4, 0.5) is 5.69 Å². The van der Waals surface area contributed by atoms with Crippen LogP contribution in [0.15, 0.2) is 164 Å². The Bertz CT molecular complexity index is 2930. The Morgan fingerprint density at radius 3 is 1.88 bits per heavy atom. The normalized spacial score (nSPS) is 11.7. The molecule has 0 spiro atoms. The highest BCUT2D eigenvalue weighted by Gasteiger charge is 2.17. The van der Waals surface area contributed by atoms with E-state index in [1.165, 1.54) is 43.4 Å². The van der Waals surface area contributed by atoms with Crippen LogP contribution in [0, 0.1) is 6.57 Å². The van der Waals surface area contributed by atoms with Crippen molar-refractivity contribution in [2.45, 2.75) is 0 Å². The minimum Gasteiger partial charge on any atom is -0.309 e. The zero-order chi connectivity index (χ0) is 32.5. The lowest BCUT2D eigenvalue weighted by Gasteiger charge is -2.16. The van der Waals surface area contributed by atoms with Crippen molar-refractivity contribution in [1.29, 1.82) is 0 Å². The highest BCUT2D eigenvalue weighted by molar-refractivity contribution is 6.27. The van der Waals surface area contributed by atoms with E-state index >= 15 is 0 Å². The van der Waals surface area contributed by atoms with Gasteiger partial charge in [-0.2, -0.15) is 0 Å². The summed E-state index contributed by atoms with van der Waals surface area (Å²) >= 11 is 0. The first-order valence-corrected chi connectivity index (χ1v) is 16.5. The molecule has 0 aliphatic carbocycles. The lowest BCUT2D eigenvalue weighted by molar-refractivity contribution is 1.18. The van der Waals surface area contributed by atoms with E-state index in [1.807, 2.05) is 30.5 Å². The molecule has 0 saturated carbocycles. The first-order chi connectivity index (χ1) is 24.2. The lowest BCUT2D eigenvalue weighted by atomic mass is 9.87. The smallest absolute Gasteiger partial charge is 0.188 e. The summed E-state index contributed by atoms with van der Waals surface area (Å²) in [6, 6.07) is 56.2. The molecule has 3 nitrogen and oxygen atoms in total. The molecule has 10 rings (SSSR count). The van der Waals surface area contributed by atoms with Crippen molar-refractivity contribution < 1.29 is 0 Å². The van der Waals surface area contributed by atoms with Gasteiger partial charge in [0.25, 0.3) is 0 Å². The van der Waals surface area contributed by atoms with Crippen LogP contribution in [0.5, 0.6) is 0 Å². The average molecular weight is 622 g/mol. The highest BCUT2D eigenvalue weighted by atomic mass is 15.0. The van der Waals surface area contributed by atoms with E-state index in [9.17, 15) is 0 Å². The van der Waals surface area contributed by atoms with Crippen molar-refractivity contribution in [1.82, 2.24) is 9.55 Å². The van der Waals surface area contributed by atoms with Gasteiger partial charge in [0.15, 0.2) is 5.69 Å². The molecule has 0 bridgehead atoms. The van der Waals surface area contributed by atoms with Crippen molar-refractivity contribution in [3.8, 4) is 39.2 Å². The zero-order valence-corrected chi connectivity index (χ0v) is 26.4. The second-order valence-corrected chi connectivity index (χ2v) is 12.7. The van der Waals surface area contributed by atoms with Crippen molar-refractivity contribution in [2.24, 2.45) is 0 Å². The maximum Gasteiger partial charge on any atom is 0.188 e. The van der Waals surface area contributed by atoms with Crippen molar-refractivity contribution >= 4 is 59.8 Å². The fraction of sp³-hybridized carbons (Fsp3) is 0. The van der Waals surface area contributed by atoms with Crippen LogP contribution >= 0.6 is 0 Å². The number of rotatable bonds is 4. The first kappa shape index (κ1) is 27.4. The van der Waals surface area contributed by atoms with Gasteiger partial charge in [0.1, 0.15) is 0 Å². The molecule has 0 N–H and O–H groups in total. The van der Waals surface area contributed by atoms with Gasteiger partial charge in [-0.3, -0.25) is 4.98 Å². The molecule has 0 aliphatic rings. The summed E-state index contributed by atoms with van der Waals surface area (Å²) in [7, 11) is 0. The number of hydrogen-bond donors (Lipinski definition) is 0. The molecule has 2 aromatic heterocycles. The minimum atomic E-state index is 0.646. The van der Waals surface area contributed by atoms with E-state index in [4.69, 9.17) is 6.57 Å². The maximum atomic E-state index is 7.67. The maximum absolute atomic E-state index is 7.67. The van der Waals surface area contributed by atoms with Gasteiger partial charge in [0, 0.05) is 22.8 Å². The van der Waals surface area contributed by atoms with Crippen LogP contribution in [-0.2, 0) is 0 Å². The monoisotopic (exact) mass is 621 g/mol. The number of fused-ring (bicyclic) bond motifs is 3. The third-order valence-electron chi connectivity index (χ3n) is 10.0. The summed E-state index contributed by atoms with van der Waals surface area (Å²) in [5.41, 5.74) is 10.8. The Morgan fingerprint density at radius 2 is 1.12 bits per heavy atom. The second-order valence-electron chi connectivity index (χ2n) is 12.7. The largest absolute Gasteiger partial charge is 0.309 e. The molecule has 0 amide bonds. The van der Waals surface area contributed by atoms with E-state index in [2.05, 4.69) is 148 Å². The SMILES string of the molecule is [C-]#[N+]c1ccc2c(c1)c1cc(-c3cccc(-c4ccc5ccc6c(-c7ccccn7)ccc7ccc4c5c76)c3)ccc1n2-c1ccccc1. The molecule has 0 atom stereocenters. The molecule has 2 heterocycles. The predicted octanol–water partition coefficient (Wildman–Crippen LogP) is 12.6. The van der Waals surface area contributed by atoms with Gasteiger partial charge < -0.3 is 4.57 Å². The molecule has 3 heteroatoms. The first-order valence-electron chi connectivity index (χ1n) is 16.5. The number of nitrogens with zero attached hydrogens (tertiary/aromatic N) is 3. The van der Waals surface area contributed by atoms with E-state index in [-0.39, 0.29) is 0 Å². The molecule has 10 aromatic rings. The van der Waals surface area contributed by atoms with Crippen LogP contribution in [-0.4, -0.2) is 9.55 Å². The molecule has 226 valence electrons. The van der Waals surface area contributed by atoms with E-state index in [1.54, 1.807) is 0 Å². The third-order valence-corrected chi connectivity index (χ3v) is 10.0. The quantitative estimate of drug-likeness (QED) is 0.142. The van der Waals surface area contributed by atoms with Gasteiger partial charge in [0.2, 0.25) is 0 Å². The predicted molar refractivity (Wildman–Crippen MR) is 205 cm³/mol. The third kappa shape index (κ3) is 4.18. The van der Waals surface area contributed by atoms with Crippen LogP contribution in [0.25, 0.3) is 98.2 Å². The average Bonchev–Trinajstić information content (AvgIpc) is 3.50. The molecule has 8 aromatic carbocycles. The van der Waals surface area contributed by atoms with E-state index in [0.29, 0.717) is 5.69 Å². The number of pyridine rings is 1. The van der Waals surface area contributed by atoms with Crippen molar-refractivity contribution in [3.63, 3.8) is 0 Å². The van der Waals surface area contributed by atoms with Crippen molar-refractivity contribution in [2.75, 3.05) is 0 Å². The lowest BCUT2D eigenvalue weighted by Crippen LogP contribution is -1.92. The summed E-state index contributed by atoms with van der Waals surface area (Å²) in [5.74, 6) is 0. The number of aromatic nitrogens is 2. The molecule has 0 radical (unpaired) electrons. The zero-order valence-electron chi connectivity index (χ0n) is 26.4. The van der Waals surface area contributed by atoms with Crippen LogP contribution in [0.2, 0.25) is 0 Å². The van der Waals surface area contributed by atoms with E-state index in [0.717, 1.165) is 49.9 Å². The topological polar surface area (TPSA) is 22.2 Å². The van der Waals surface area contributed by atoms with Crippen LogP contribution < -0.4 is 0 Å². The molecular weight excluding hydrogens is 595 g/mol. The molecule has 0 aliphatic heterocycles. The fourth-order valence-corrected chi connectivity index (χ4v) is 7.78. The van der Waals surface area contributed by atoms with Crippen molar-refractivity contribution in [3.05, 3.63) is 175 Å². The molecular formula is C46H27N3. The molecule has 0 unspecified atom stereocenters. The number of benzene rings is 8. The Kier molecular flexibility index (Phi) is 5.94. The van der Waals surface area contributed by atoms with Gasteiger partial charge in [-0.1, -0.05) is 103 Å². The Hall–Kier alpha value is -6.76. The second kappa shape index (κ2) is 10.6. The molecule has 0 fully saturated rings. The Labute approximate surface area is 283 Å². The van der Waals surface area contributed by atoms with Gasteiger partial charge in [-0.15, -0.1) is 0 Å². The number of hydrogen-bond acceptors (Lipinski definition) is 1. The fourth-order valence-electron chi connectivity index (χ4n) is 7.78. The van der Waals surface area contributed by atoms with Gasteiger partial charge in [0.05, 0.1) is 23.3 Å². The Morgan fingerprint density at radius 1 is 0.469 bits per heavy atom. The highest BCUT2D eigenvalue weighted by Crippen LogP contribution is 2.43. The summed E-state index contributed by atoms with van der Waals surface area (Å²) < 4.78 is 2.29. The molecule has 49 heavy (non-hydrogen) atoms. The summed E-state index contributed by atoms with van der Waals surface area (Å²) in [6.45, 7) is 7.67. The van der Waals surface area contributed by atoms with E-state index < -0.39 is 0 Å². The summed E-state index contributed by atoms with van der Waals surface area (Å²) in [4.78, 5) is 8.43. The van der Waals surface area contributed by atoms with Crippen LogP contribution in [0.1, 0.15) is 0 Å². The van der Waals surface area contributed by atoms with Crippen LogP contribution in [0.3, 0.4) is 0 Å². The van der Waals surface area contributed by atoms with Gasteiger partial charge >= 0.3 is 0 Å². The van der Waals surface area contributed by atoms with Gasteiger partial charge in [-0.25, -0.2) is 4.85 Å². The molecule has 0 saturated heterocycles. The standard InChI is InChI=1S/C46H27N3/c1-47-34-18-24-44-41(28-34)40-27-32(17-23-43(40)49(44)35-10-3-2-4-11-35)31-8-7-9-33(26-31)36-19-13-29-16-22-39-37(42-12-5-6-25-48-42)20-14-30-15-21-38(36)45(29)46(30)39/h2-28H. The van der Waals surface area contributed by atoms with Gasteiger partial charge in [-0.05, 0) is 115 Å². The summed E-state index contributed by atoms with van der Waals surface area (Å²) in [5, 5.41) is 9.76. The number of para-hydroxylation sites is 1. The minimum absolute atomic E-state index is 0.646.